The molecule has 1 amide bonds. The Bertz CT molecular complexity index is 755. The summed E-state index contributed by atoms with van der Waals surface area (Å²) in [5.74, 6) is 1.08. The summed E-state index contributed by atoms with van der Waals surface area (Å²) in [5, 5.41) is 2.87. The normalized spacial score (nSPS) is 20.2. The Labute approximate surface area is 169 Å². The number of hydrogen-bond acceptors (Lipinski definition) is 4. The Kier molecular flexibility index (Phi) is 8.27. The van der Waals surface area contributed by atoms with Gasteiger partial charge in [0.05, 0.1) is 30.3 Å². The van der Waals surface area contributed by atoms with Crippen molar-refractivity contribution in [2.24, 2.45) is 5.92 Å². The molecule has 0 bridgehead atoms. The third-order valence-corrected chi connectivity index (χ3v) is 7.31. The first-order valence-electron chi connectivity index (χ1n) is 10.2. The molecule has 7 nitrogen and oxygen atoms in total. The highest BCUT2D eigenvalue weighted by Crippen LogP contribution is 2.29. The average Bonchev–Trinajstić information content (AvgIpc) is 2.66. The molecule has 1 aromatic rings. The fourth-order valence-electron chi connectivity index (χ4n) is 3.53. The van der Waals surface area contributed by atoms with Crippen molar-refractivity contribution in [1.29, 1.82) is 0 Å². The van der Waals surface area contributed by atoms with Crippen LogP contribution >= 0.6 is 0 Å². The number of sulfonamides is 1. The first-order chi connectivity index (χ1) is 13.3. The standard InChI is InChI=1S/C20H33N3O4S/c1-5-23(6-2)28(25,26)17-8-9-19(27-7-3)18(14-17)21-20(24)15-22-12-10-16(4)11-13-22/h8-9,14,16H,5-7,10-13,15H2,1-4H3,(H,21,24)/p+1. The smallest absolute Gasteiger partial charge is 0.279 e. The van der Waals surface area contributed by atoms with Crippen molar-refractivity contribution in [3.8, 4) is 5.75 Å². The summed E-state index contributed by atoms with van der Waals surface area (Å²) in [6, 6.07) is 4.65. The zero-order chi connectivity index (χ0) is 20.7. The topological polar surface area (TPSA) is 80.2 Å². The minimum atomic E-state index is -3.60. The molecule has 28 heavy (non-hydrogen) atoms. The molecule has 1 saturated heterocycles. The predicted molar refractivity (Wildman–Crippen MR) is 110 cm³/mol. The molecule has 0 saturated carbocycles. The SMILES string of the molecule is CCOc1ccc(S(=O)(=O)N(CC)CC)cc1NC(=O)C[NH+]1CCC(C)CC1. The number of nitrogens with zero attached hydrogens (tertiary/aromatic N) is 1. The van der Waals surface area contributed by atoms with Gasteiger partial charge < -0.3 is 15.0 Å². The summed E-state index contributed by atoms with van der Waals surface area (Å²) in [5.41, 5.74) is 0.407. The number of quaternary nitrogens is 1. The monoisotopic (exact) mass is 412 g/mol. The van der Waals surface area contributed by atoms with E-state index in [1.807, 2.05) is 6.92 Å². The second-order valence-corrected chi connectivity index (χ2v) is 9.28. The Morgan fingerprint density at radius 3 is 2.43 bits per heavy atom. The summed E-state index contributed by atoms with van der Waals surface area (Å²) in [6.07, 6.45) is 2.26. The summed E-state index contributed by atoms with van der Waals surface area (Å²) >= 11 is 0. The largest absolute Gasteiger partial charge is 0.492 e. The van der Waals surface area contributed by atoms with Crippen molar-refractivity contribution >= 4 is 21.6 Å². The highest BCUT2D eigenvalue weighted by atomic mass is 32.2. The van der Waals surface area contributed by atoms with Crippen LogP contribution in [0.25, 0.3) is 0 Å². The highest BCUT2D eigenvalue weighted by Gasteiger charge is 2.25. The van der Waals surface area contributed by atoms with Crippen molar-refractivity contribution in [2.75, 3.05) is 44.6 Å². The van der Waals surface area contributed by atoms with E-state index in [2.05, 4.69) is 12.2 Å². The molecule has 1 aromatic carbocycles. The number of benzene rings is 1. The van der Waals surface area contributed by atoms with Gasteiger partial charge in [0, 0.05) is 13.1 Å². The molecule has 0 atom stereocenters. The predicted octanol–water partition coefficient (Wildman–Crippen LogP) is 1.37. The molecule has 0 aromatic heterocycles. The Hall–Kier alpha value is -1.64. The van der Waals surface area contributed by atoms with Gasteiger partial charge in [-0.25, -0.2) is 8.42 Å². The molecule has 0 radical (unpaired) electrons. The van der Waals surface area contributed by atoms with Crippen LogP contribution in [-0.4, -0.2) is 58.0 Å². The van der Waals surface area contributed by atoms with Crippen LogP contribution in [-0.2, 0) is 14.8 Å². The van der Waals surface area contributed by atoms with Crippen LogP contribution in [0.4, 0.5) is 5.69 Å². The van der Waals surface area contributed by atoms with Gasteiger partial charge in [-0.2, -0.15) is 4.31 Å². The van der Waals surface area contributed by atoms with Crippen LogP contribution in [0.1, 0.15) is 40.5 Å². The van der Waals surface area contributed by atoms with Crippen molar-refractivity contribution in [2.45, 2.75) is 45.4 Å². The Morgan fingerprint density at radius 2 is 1.86 bits per heavy atom. The van der Waals surface area contributed by atoms with Gasteiger partial charge in [0.2, 0.25) is 10.0 Å². The van der Waals surface area contributed by atoms with Gasteiger partial charge in [-0.15, -0.1) is 0 Å². The van der Waals surface area contributed by atoms with E-state index in [1.165, 1.54) is 21.3 Å². The number of piperidine rings is 1. The minimum Gasteiger partial charge on any atom is -0.492 e. The first-order valence-corrected chi connectivity index (χ1v) is 11.7. The molecule has 0 aliphatic carbocycles. The number of nitrogens with one attached hydrogen (secondary N) is 2. The second-order valence-electron chi connectivity index (χ2n) is 7.34. The molecule has 1 aliphatic rings. The second kappa shape index (κ2) is 10.2. The lowest BCUT2D eigenvalue weighted by Crippen LogP contribution is -3.14. The molecule has 1 aliphatic heterocycles. The van der Waals surface area contributed by atoms with Gasteiger partial charge in [-0.3, -0.25) is 4.79 Å². The van der Waals surface area contributed by atoms with Gasteiger partial charge in [-0.05, 0) is 43.9 Å². The summed E-state index contributed by atoms with van der Waals surface area (Å²) in [6.45, 7) is 11.3. The zero-order valence-corrected chi connectivity index (χ0v) is 18.3. The molecule has 2 N–H and O–H groups in total. The third-order valence-electron chi connectivity index (χ3n) is 5.26. The van der Waals surface area contributed by atoms with E-state index >= 15 is 0 Å². The number of likely N-dealkylation sites (tertiary alicyclic amines) is 1. The van der Waals surface area contributed by atoms with E-state index in [9.17, 15) is 13.2 Å². The Balaban J connectivity index is 2.19. The Morgan fingerprint density at radius 1 is 1.21 bits per heavy atom. The minimum absolute atomic E-state index is 0.122. The van der Waals surface area contributed by atoms with Gasteiger partial charge >= 0.3 is 0 Å². The summed E-state index contributed by atoms with van der Waals surface area (Å²) in [7, 11) is -3.60. The maximum atomic E-state index is 12.8. The fourth-order valence-corrected chi connectivity index (χ4v) is 5.01. The van der Waals surface area contributed by atoms with E-state index in [1.54, 1.807) is 19.9 Å². The molecule has 1 heterocycles. The number of hydrogen-bond donors (Lipinski definition) is 2. The maximum absolute atomic E-state index is 12.8. The van der Waals surface area contributed by atoms with Gasteiger partial charge in [0.25, 0.3) is 5.91 Å². The van der Waals surface area contributed by atoms with Crippen LogP contribution in [0.5, 0.6) is 5.75 Å². The molecular formula is C20H34N3O4S+. The van der Waals surface area contributed by atoms with Crippen molar-refractivity contribution in [1.82, 2.24) is 4.31 Å². The van der Waals surface area contributed by atoms with E-state index in [-0.39, 0.29) is 10.8 Å². The molecule has 1 fully saturated rings. The van der Waals surface area contributed by atoms with Crippen molar-refractivity contribution in [3.05, 3.63) is 18.2 Å². The molecule has 158 valence electrons. The number of carbonyl (C=O) groups excluding carboxylic acids is 1. The van der Waals surface area contributed by atoms with Crippen molar-refractivity contribution in [3.63, 3.8) is 0 Å². The number of ether oxygens (including phenoxy) is 1. The van der Waals surface area contributed by atoms with Gasteiger partial charge in [-0.1, -0.05) is 20.8 Å². The molecular weight excluding hydrogens is 378 g/mol. The van der Waals surface area contributed by atoms with E-state index in [0.29, 0.717) is 37.7 Å². The van der Waals surface area contributed by atoms with Crippen LogP contribution in [0.15, 0.2) is 23.1 Å². The number of amides is 1. The van der Waals surface area contributed by atoms with E-state index in [4.69, 9.17) is 4.74 Å². The van der Waals surface area contributed by atoms with Crippen LogP contribution in [0.2, 0.25) is 0 Å². The van der Waals surface area contributed by atoms with E-state index < -0.39 is 10.0 Å². The molecule has 0 unspecified atom stereocenters. The maximum Gasteiger partial charge on any atom is 0.279 e. The average molecular weight is 413 g/mol. The number of rotatable bonds is 9. The van der Waals surface area contributed by atoms with Crippen LogP contribution < -0.4 is 15.0 Å². The fraction of sp³-hybridized carbons (Fsp3) is 0.650. The van der Waals surface area contributed by atoms with E-state index in [0.717, 1.165) is 31.8 Å². The number of anilines is 1. The zero-order valence-electron chi connectivity index (χ0n) is 17.5. The molecule has 0 spiro atoms. The molecule has 8 heteroatoms. The first kappa shape index (κ1) is 22.6. The lowest BCUT2D eigenvalue weighted by molar-refractivity contribution is -0.897. The van der Waals surface area contributed by atoms with Crippen LogP contribution in [0, 0.1) is 5.92 Å². The lowest BCUT2D eigenvalue weighted by Gasteiger charge is -2.26. The van der Waals surface area contributed by atoms with Gasteiger partial charge in [0.1, 0.15) is 5.75 Å². The highest BCUT2D eigenvalue weighted by molar-refractivity contribution is 7.89. The van der Waals surface area contributed by atoms with Crippen LogP contribution in [0.3, 0.4) is 0 Å². The number of carbonyl (C=O) groups is 1. The molecule has 2 rings (SSSR count). The van der Waals surface area contributed by atoms with Crippen molar-refractivity contribution < 1.29 is 22.8 Å². The summed E-state index contributed by atoms with van der Waals surface area (Å²) < 4.78 is 32.6. The third kappa shape index (κ3) is 5.68. The quantitative estimate of drug-likeness (QED) is 0.642. The lowest BCUT2D eigenvalue weighted by atomic mass is 9.99. The summed E-state index contributed by atoms with van der Waals surface area (Å²) in [4.78, 5) is 14.0. The van der Waals surface area contributed by atoms with Gasteiger partial charge in [0.15, 0.2) is 6.54 Å².